The molecule has 0 spiro atoms. The Kier molecular flexibility index (Phi) is 1.65. The molecule has 80 valence electrons. The van der Waals surface area contributed by atoms with Crippen LogP contribution in [0.15, 0.2) is 24.4 Å². The summed E-state index contributed by atoms with van der Waals surface area (Å²) in [6.45, 7) is 1.87. The van der Waals surface area contributed by atoms with E-state index in [0.29, 0.717) is 11.3 Å². The Balaban J connectivity index is 2.62. The normalized spacial score (nSPS) is 11.4. The van der Waals surface area contributed by atoms with Crippen LogP contribution < -0.4 is 5.73 Å². The molecule has 0 aliphatic rings. The summed E-state index contributed by atoms with van der Waals surface area (Å²) in [7, 11) is 0. The number of nitrogen functional groups attached to an aromatic ring is 1. The molecule has 2 aromatic heterocycles. The highest BCUT2D eigenvalue weighted by Crippen LogP contribution is 2.21. The number of imidazole rings is 1. The molecule has 0 aliphatic carbocycles. The van der Waals surface area contributed by atoms with E-state index >= 15 is 0 Å². The van der Waals surface area contributed by atoms with Crippen LogP contribution in [0.1, 0.15) is 5.82 Å². The summed E-state index contributed by atoms with van der Waals surface area (Å²) < 4.78 is 15.0. The predicted molar refractivity (Wildman–Crippen MR) is 59.6 cm³/mol. The predicted octanol–water partition coefficient (Wildman–Crippen LogP) is 1.91. The van der Waals surface area contributed by atoms with Crippen molar-refractivity contribution in [3.63, 3.8) is 0 Å². The molecule has 5 heteroatoms. The molecule has 0 aliphatic heterocycles. The number of halogens is 1. The van der Waals surface area contributed by atoms with Crippen molar-refractivity contribution in [2.45, 2.75) is 6.92 Å². The van der Waals surface area contributed by atoms with Crippen LogP contribution in [0.2, 0.25) is 0 Å². The van der Waals surface area contributed by atoms with Gasteiger partial charge >= 0.3 is 0 Å². The minimum Gasteiger partial charge on any atom is -0.382 e. The number of nitrogens with two attached hydrogens (primary N) is 1. The first kappa shape index (κ1) is 9.08. The number of benzene rings is 1. The molecule has 2 heterocycles. The van der Waals surface area contributed by atoms with Crippen LogP contribution in [0.5, 0.6) is 0 Å². The van der Waals surface area contributed by atoms with Gasteiger partial charge in [-0.25, -0.2) is 14.4 Å². The Bertz CT molecular complexity index is 702. The molecule has 0 bridgehead atoms. The number of rotatable bonds is 0. The maximum absolute atomic E-state index is 13.1. The lowest BCUT2D eigenvalue weighted by molar-refractivity contribution is 0.629. The molecule has 0 saturated heterocycles. The van der Waals surface area contributed by atoms with Gasteiger partial charge in [0.1, 0.15) is 23.0 Å². The van der Waals surface area contributed by atoms with Crippen LogP contribution in [-0.4, -0.2) is 14.4 Å². The second kappa shape index (κ2) is 2.91. The topological polar surface area (TPSA) is 56.2 Å². The highest BCUT2D eigenvalue weighted by atomic mass is 19.1. The van der Waals surface area contributed by atoms with Gasteiger partial charge in [-0.05, 0) is 19.1 Å². The molecule has 0 saturated carbocycles. The Morgan fingerprint density at radius 2 is 2.12 bits per heavy atom. The fourth-order valence-corrected chi connectivity index (χ4v) is 1.89. The Hall–Kier alpha value is -2.17. The van der Waals surface area contributed by atoms with E-state index in [1.54, 1.807) is 12.3 Å². The molecule has 0 amide bonds. The van der Waals surface area contributed by atoms with Gasteiger partial charge in [0.05, 0.1) is 17.2 Å². The van der Waals surface area contributed by atoms with Gasteiger partial charge < -0.3 is 5.73 Å². The minimum atomic E-state index is -0.323. The van der Waals surface area contributed by atoms with Crippen LogP contribution >= 0.6 is 0 Å². The van der Waals surface area contributed by atoms with E-state index in [2.05, 4.69) is 9.97 Å². The maximum Gasteiger partial charge on any atom is 0.150 e. The van der Waals surface area contributed by atoms with Gasteiger partial charge in [0.2, 0.25) is 0 Å². The summed E-state index contributed by atoms with van der Waals surface area (Å²) in [6.07, 6.45) is 1.67. The largest absolute Gasteiger partial charge is 0.382 e. The summed E-state index contributed by atoms with van der Waals surface area (Å²) in [5, 5.41) is 0. The molecule has 0 unspecified atom stereocenters. The summed E-state index contributed by atoms with van der Waals surface area (Å²) >= 11 is 0. The first-order valence-electron chi connectivity index (χ1n) is 4.85. The zero-order valence-electron chi connectivity index (χ0n) is 8.61. The number of nitrogens with zero attached hydrogens (tertiary/aromatic N) is 3. The number of hydrogen-bond acceptors (Lipinski definition) is 3. The molecule has 3 aromatic rings. The highest BCUT2D eigenvalue weighted by Gasteiger charge is 2.09. The van der Waals surface area contributed by atoms with E-state index in [-0.39, 0.29) is 5.82 Å². The van der Waals surface area contributed by atoms with Crippen molar-refractivity contribution in [2.24, 2.45) is 0 Å². The number of aryl methyl sites for hydroxylation is 1. The molecular weight excluding hydrogens is 207 g/mol. The van der Waals surface area contributed by atoms with Crippen LogP contribution in [0, 0.1) is 12.7 Å². The van der Waals surface area contributed by atoms with Gasteiger partial charge in [0, 0.05) is 6.07 Å². The number of anilines is 1. The van der Waals surface area contributed by atoms with Crippen LogP contribution in [-0.2, 0) is 0 Å². The minimum absolute atomic E-state index is 0.323. The molecule has 0 atom stereocenters. The van der Waals surface area contributed by atoms with Gasteiger partial charge in [0.25, 0.3) is 0 Å². The van der Waals surface area contributed by atoms with E-state index < -0.39 is 0 Å². The third-order valence-corrected chi connectivity index (χ3v) is 2.62. The van der Waals surface area contributed by atoms with Crippen LogP contribution in [0.4, 0.5) is 10.2 Å². The average molecular weight is 216 g/mol. The average Bonchev–Trinajstić information content (AvgIpc) is 2.61. The van der Waals surface area contributed by atoms with Gasteiger partial charge in [-0.1, -0.05) is 0 Å². The van der Waals surface area contributed by atoms with Gasteiger partial charge in [-0.2, -0.15) is 0 Å². The van der Waals surface area contributed by atoms with Crippen molar-refractivity contribution in [3.8, 4) is 0 Å². The molecule has 4 nitrogen and oxygen atoms in total. The monoisotopic (exact) mass is 216 g/mol. The number of hydrogen-bond donors (Lipinski definition) is 1. The molecule has 3 rings (SSSR count). The van der Waals surface area contributed by atoms with E-state index in [1.165, 1.54) is 12.1 Å². The van der Waals surface area contributed by atoms with Crippen molar-refractivity contribution in [1.82, 2.24) is 14.4 Å². The second-order valence-corrected chi connectivity index (χ2v) is 3.66. The first-order valence-corrected chi connectivity index (χ1v) is 4.85. The fourth-order valence-electron chi connectivity index (χ4n) is 1.89. The molecule has 0 radical (unpaired) electrons. The Morgan fingerprint density at radius 3 is 2.94 bits per heavy atom. The summed E-state index contributed by atoms with van der Waals surface area (Å²) in [4.78, 5) is 8.33. The molecule has 2 N–H and O–H groups in total. The number of fused-ring (bicyclic) bond motifs is 3. The zero-order chi connectivity index (χ0) is 11.3. The quantitative estimate of drug-likeness (QED) is 0.624. The van der Waals surface area contributed by atoms with Crippen molar-refractivity contribution < 1.29 is 4.39 Å². The highest BCUT2D eigenvalue weighted by molar-refractivity contribution is 5.83. The van der Waals surface area contributed by atoms with Crippen molar-refractivity contribution in [1.29, 1.82) is 0 Å². The smallest absolute Gasteiger partial charge is 0.150 e. The standard InChI is InChI=1S/C11H9FN4/c1-6-14-5-10-11(13)15-8-4-7(12)2-3-9(8)16(6)10/h2-5H,1H3,(H2,13,15). The van der Waals surface area contributed by atoms with Gasteiger partial charge in [0.15, 0.2) is 0 Å². The summed E-state index contributed by atoms with van der Waals surface area (Å²) in [6, 6.07) is 4.45. The van der Waals surface area contributed by atoms with Gasteiger partial charge in [-0.15, -0.1) is 0 Å². The molecule has 16 heavy (non-hydrogen) atoms. The van der Waals surface area contributed by atoms with E-state index in [0.717, 1.165) is 16.9 Å². The van der Waals surface area contributed by atoms with Crippen LogP contribution in [0.3, 0.4) is 0 Å². The Labute approximate surface area is 90.5 Å². The SMILES string of the molecule is Cc1ncc2c(N)nc3cc(F)ccc3n12. The van der Waals surface area contributed by atoms with Crippen molar-refractivity contribution >= 4 is 22.4 Å². The summed E-state index contributed by atoms with van der Waals surface area (Å²) in [5.41, 5.74) is 7.88. The van der Waals surface area contributed by atoms with E-state index in [1.807, 2.05) is 11.3 Å². The Morgan fingerprint density at radius 1 is 1.31 bits per heavy atom. The second-order valence-electron chi connectivity index (χ2n) is 3.66. The lowest BCUT2D eigenvalue weighted by Gasteiger charge is -2.05. The van der Waals surface area contributed by atoms with Crippen LogP contribution in [0.25, 0.3) is 16.6 Å². The fraction of sp³-hybridized carbons (Fsp3) is 0.0909. The van der Waals surface area contributed by atoms with E-state index in [4.69, 9.17) is 5.73 Å². The molecule has 1 aromatic carbocycles. The number of aromatic nitrogens is 3. The lowest BCUT2D eigenvalue weighted by Crippen LogP contribution is -1.99. The van der Waals surface area contributed by atoms with Gasteiger partial charge in [-0.3, -0.25) is 4.40 Å². The lowest BCUT2D eigenvalue weighted by atomic mass is 10.3. The van der Waals surface area contributed by atoms with Crippen molar-refractivity contribution in [2.75, 3.05) is 5.73 Å². The third-order valence-electron chi connectivity index (χ3n) is 2.62. The maximum atomic E-state index is 13.1. The zero-order valence-corrected chi connectivity index (χ0v) is 8.61. The third kappa shape index (κ3) is 1.08. The first-order chi connectivity index (χ1) is 7.66. The molecule has 0 fully saturated rings. The van der Waals surface area contributed by atoms with Crippen molar-refractivity contribution in [3.05, 3.63) is 36.0 Å². The molecular formula is C11H9FN4. The summed E-state index contributed by atoms with van der Waals surface area (Å²) in [5.74, 6) is 0.843. The van der Waals surface area contributed by atoms with E-state index in [9.17, 15) is 4.39 Å².